The number of hydrogen-bond donors (Lipinski definition) is 1. The van der Waals surface area contributed by atoms with Crippen LogP contribution in [0.1, 0.15) is 51.0 Å². The first kappa shape index (κ1) is 22.9. The number of nitrogens with one attached hydrogen (secondary N) is 1. The smallest absolute Gasteiger partial charge is 0.272 e. The summed E-state index contributed by atoms with van der Waals surface area (Å²) in [7, 11) is -3.78. The van der Waals surface area contributed by atoms with Crippen LogP contribution >= 0.6 is 0 Å². The highest BCUT2D eigenvalue weighted by atomic mass is 32.2. The second kappa shape index (κ2) is 10.0. The standard InChI is InChI=1S/C22H28N4O4S/c1-3-25(4-2)31(29,30)20-14-15-21(22(16-20)26(27)28)24-23-19-12-10-18(11-13-19)17-8-6-5-7-9-17/h5-9,14-16,18,24H,3-4,10-13H2,1-2H3. The Morgan fingerprint density at radius 3 is 2.32 bits per heavy atom. The van der Waals surface area contributed by atoms with Gasteiger partial charge in [-0.25, -0.2) is 8.42 Å². The summed E-state index contributed by atoms with van der Waals surface area (Å²) < 4.78 is 26.6. The molecule has 3 rings (SSSR count). The Morgan fingerprint density at radius 2 is 1.74 bits per heavy atom. The maximum Gasteiger partial charge on any atom is 0.295 e. The third-order valence-electron chi connectivity index (χ3n) is 5.68. The van der Waals surface area contributed by atoms with Crippen LogP contribution in [0.15, 0.2) is 58.5 Å². The van der Waals surface area contributed by atoms with Gasteiger partial charge >= 0.3 is 0 Å². The number of nitrogens with zero attached hydrogens (tertiary/aromatic N) is 3. The third kappa shape index (κ3) is 5.29. The minimum atomic E-state index is -3.78. The lowest BCUT2D eigenvalue weighted by Crippen LogP contribution is -2.30. The molecule has 0 atom stereocenters. The summed E-state index contributed by atoms with van der Waals surface area (Å²) in [5.41, 5.74) is 4.95. The first-order chi connectivity index (χ1) is 14.9. The van der Waals surface area contributed by atoms with Crippen molar-refractivity contribution in [2.75, 3.05) is 18.5 Å². The highest BCUT2D eigenvalue weighted by molar-refractivity contribution is 7.89. The Labute approximate surface area is 183 Å². The Hall–Kier alpha value is -2.78. The Kier molecular flexibility index (Phi) is 7.40. The summed E-state index contributed by atoms with van der Waals surface area (Å²) in [6.07, 6.45) is 3.59. The van der Waals surface area contributed by atoms with Gasteiger partial charge in [-0.1, -0.05) is 44.2 Å². The second-order valence-corrected chi connectivity index (χ2v) is 9.44. The zero-order valence-electron chi connectivity index (χ0n) is 17.8. The van der Waals surface area contributed by atoms with Crippen LogP contribution in [0, 0.1) is 10.1 Å². The van der Waals surface area contributed by atoms with E-state index in [1.54, 1.807) is 13.8 Å². The minimum Gasteiger partial charge on any atom is -0.272 e. The molecule has 166 valence electrons. The molecule has 2 aromatic rings. The summed E-state index contributed by atoms with van der Waals surface area (Å²) in [6, 6.07) is 14.3. The molecule has 0 unspecified atom stereocenters. The van der Waals surface area contributed by atoms with Crippen molar-refractivity contribution < 1.29 is 13.3 Å². The van der Waals surface area contributed by atoms with Gasteiger partial charge in [0.1, 0.15) is 5.69 Å². The molecule has 0 amide bonds. The van der Waals surface area contributed by atoms with E-state index in [1.807, 2.05) is 18.2 Å². The van der Waals surface area contributed by atoms with Gasteiger partial charge in [0, 0.05) is 24.9 Å². The van der Waals surface area contributed by atoms with Gasteiger partial charge < -0.3 is 0 Å². The number of hydrogen-bond acceptors (Lipinski definition) is 6. The number of sulfonamides is 1. The maximum absolute atomic E-state index is 12.7. The zero-order chi connectivity index (χ0) is 22.4. The fraction of sp³-hybridized carbons (Fsp3) is 0.409. The van der Waals surface area contributed by atoms with E-state index >= 15 is 0 Å². The van der Waals surface area contributed by atoms with Crippen LogP contribution in [0.4, 0.5) is 11.4 Å². The van der Waals surface area contributed by atoms with Gasteiger partial charge in [-0.2, -0.15) is 9.41 Å². The number of nitro benzene ring substituents is 1. The van der Waals surface area contributed by atoms with Crippen LogP contribution in [0.2, 0.25) is 0 Å². The Morgan fingerprint density at radius 1 is 1.10 bits per heavy atom. The molecule has 0 aliphatic heterocycles. The highest BCUT2D eigenvalue weighted by Crippen LogP contribution is 2.32. The summed E-state index contributed by atoms with van der Waals surface area (Å²) in [5, 5.41) is 16.0. The van der Waals surface area contributed by atoms with E-state index in [4.69, 9.17) is 0 Å². The van der Waals surface area contributed by atoms with Crippen LogP contribution in [0.5, 0.6) is 0 Å². The molecule has 0 radical (unpaired) electrons. The molecule has 0 saturated heterocycles. The lowest BCUT2D eigenvalue weighted by Gasteiger charge is -2.23. The topological polar surface area (TPSA) is 105 Å². The van der Waals surface area contributed by atoms with Gasteiger partial charge in [-0.05, 0) is 49.3 Å². The predicted molar refractivity (Wildman–Crippen MR) is 122 cm³/mol. The van der Waals surface area contributed by atoms with Crippen molar-refractivity contribution in [3.05, 3.63) is 64.2 Å². The fourth-order valence-electron chi connectivity index (χ4n) is 3.89. The first-order valence-corrected chi connectivity index (χ1v) is 12.0. The molecule has 9 heteroatoms. The number of benzene rings is 2. The Bertz CT molecular complexity index is 1040. The van der Waals surface area contributed by atoms with Crippen LogP contribution in [-0.4, -0.2) is 36.4 Å². The lowest BCUT2D eigenvalue weighted by molar-refractivity contribution is -0.384. The average molecular weight is 445 g/mol. The van der Waals surface area contributed by atoms with Gasteiger partial charge in [0.2, 0.25) is 10.0 Å². The van der Waals surface area contributed by atoms with Crippen LogP contribution in [0.25, 0.3) is 0 Å². The number of anilines is 1. The molecule has 1 aliphatic carbocycles. The molecule has 0 heterocycles. The summed E-state index contributed by atoms with van der Waals surface area (Å²) in [4.78, 5) is 10.9. The summed E-state index contributed by atoms with van der Waals surface area (Å²) >= 11 is 0. The molecule has 0 aromatic heterocycles. The van der Waals surface area contributed by atoms with Crippen molar-refractivity contribution in [3.63, 3.8) is 0 Å². The van der Waals surface area contributed by atoms with Crippen molar-refractivity contribution in [3.8, 4) is 0 Å². The molecule has 0 spiro atoms. The zero-order valence-corrected chi connectivity index (χ0v) is 18.6. The maximum atomic E-state index is 12.7. The van der Waals surface area contributed by atoms with Gasteiger partial charge in [-0.15, -0.1) is 0 Å². The molecular formula is C22H28N4O4S. The third-order valence-corrected chi connectivity index (χ3v) is 7.72. The van der Waals surface area contributed by atoms with Gasteiger partial charge in [0.25, 0.3) is 5.69 Å². The van der Waals surface area contributed by atoms with Crippen molar-refractivity contribution in [1.29, 1.82) is 0 Å². The van der Waals surface area contributed by atoms with Crippen molar-refractivity contribution in [1.82, 2.24) is 4.31 Å². The van der Waals surface area contributed by atoms with Crippen LogP contribution < -0.4 is 5.43 Å². The summed E-state index contributed by atoms with van der Waals surface area (Å²) in [5.74, 6) is 0.499. The first-order valence-electron chi connectivity index (χ1n) is 10.5. The quantitative estimate of drug-likeness (QED) is 0.467. The van der Waals surface area contributed by atoms with Gasteiger partial charge in [-0.3, -0.25) is 15.5 Å². The average Bonchev–Trinajstić information content (AvgIpc) is 2.79. The van der Waals surface area contributed by atoms with E-state index in [1.165, 1.54) is 22.0 Å². The molecule has 0 bridgehead atoms. The van der Waals surface area contributed by atoms with Crippen molar-refractivity contribution >= 4 is 27.1 Å². The van der Waals surface area contributed by atoms with Crippen LogP contribution in [0.3, 0.4) is 0 Å². The molecule has 1 fully saturated rings. The molecule has 1 aliphatic rings. The molecule has 8 nitrogen and oxygen atoms in total. The van der Waals surface area contributed by atoms with Crippen molar-refractivity contribution in [2.45, 2.75) is 50.3 Å². The minimum absolute atomic E-state index is 0.0931. The fourth-order valence-corrected chi connectivity index (χ4v) is 5.37. The van der Waals surface area contributed by atoms with E-state index in [9.17, 15) is 18.5 Å². The molecule has 31 heavy (non-hydrogen) atoms. The second-order valence-electron chi connectivity index (χ2n) is 7.50. The normalized spacial score (nSPS) is 16.9. The molecule has 2 aromatic carbocycles. The van der Waals surface area contributed by atoms with Crippen LogP contribution in [-0.2, 0) is 10.0 Å². The molecular weight excluding hydrogens is 416 g/mol. The molecule has 1 N–H and O–H groups in total. The largest absolute Gasteiger partial charge is 0.295 e. The molecule has 1 saturated carbocycles. The summed E-state index contributed by atoms with van der Waals surface area (Å²) in [6.45, 7) is 4.05. The van der Waals surface area contributed by atoms with Gasteiger partial charge in [0.15, 0.2) is 0 Å². The van der Waals surface area contributed by atoms with E-state index in [0.29, 0.717) is 19.0 Å². The van der Waals surface area contributed by atoms with E-state index in [0.717, 1.165) is 37.5 Å². The van der Waals surface area contributed by atoms with E-state index in [-0.39, 0.29) is 16.3 Å². The Balaban J connectivity index is 1.74. The lowest BCUT2D eigenvalue weighted by atomic mass is 9.83. The monoisotopic (exact) mass is 444 g/mol. The highest BCUT2D eigenvalue weighted by Gasteiger charge is 2.26. The number of nitro groups is 1. The SMILES string of the molecule is CCN(CC)S(=O)(=O)c1ccc(NN=C2CCC(c3ccccc3)CC2)c([N+](=O)[O-])c1. The number of hydrazone groups is 1. The van der Waals surface area contributed by atoms with Gasteiger partial charge in [0.05, 0.1) is 9.82 Å². The number of rotatable bonds is 8. The predicted octanol–water partition coefficient (Wildman–Crippen LogP) is 4.75. The van der Waals surface area contributed by atoms with Crippen molar-refractivity contribution in [2.24, 2.45) is 5.10 Å². The van der Waals surface area contributed by atoms with E-state index in [2.05, 4.69) is 22.7 Å². The van der Waals surface area contributed by atoms with E-state index < -0.39 is 14.9 Å².